The Morgan fingerprint density at radius 1 is 1.09 bits per heavy atom. The zero-order valence-corrected chi connectivity index (χ0v) is 19.8. The SMILES string of the molecule is CC[C@]1(c2cccc(NS(=O)(=O)C3CC3)c2)[C@@H]2CN(CCCC3CCC(F)(F)CC3)C[C@@H]21. The van der Waals surface area contributed by atoms with Crippen LogP contribution in [0.25, 0.3) is 0 Å². The Kier molecular flexibility index (Phi) is 5.80. The van der Waals surface area contributed by atoms with Crippen LogP contribution in [-0.2, 0) is 15.4 Å². The van der Waals surface area contributed by atoms with Crippen LogP contribution in [0, 0.1) is 17.8 Å². The second kappa shape index (κ2) is 8.23. The van der Waals surface area contributed by atoms with Crippen molar-refractivity contribution in [2.45, 2.75) is 81.3 Å². The molecule has 1 saturated heterocycles. The zero-order valence-electron chi connectivity index (χ0n) is 19.0. The van der Waals surface area contributed by atoms with E-state index in [4.69, 9.17) is 0 Å². The van der Waals surface area contributed by atoms with Crippen LogP contribution in [-0.4, -0.2) is 44.1 Å². The number of alkyl halides is 2. The summed E-state index contributed by atoms with van der Waals surface area (Å²) >= 11 is 0. The van der Waals surface area contributed by atoms with Gasteiger partial charge in [-0.05, 0) is 86.9 Å². The van der Waals surface area contributed by atoms with Gasteiger partial charge in [0.1, 0.15) is 0 Å². The molecule has 0 unspecified atom stereocenters. The lowest BCUT2D eigenvalue weighted by Gasteiger charge is -2.29. The van der Waals surface area contributed by atoms with Crippen LogP contribution in [0.2, 0.25) is 0 Å². The molecule has 0 radical (unpaired) electrons. The van der Waals surface area contributed by atoms with Gasteiger partial charge in [0.2, 0.25) is 15.9 Å². The fourth-order valence-electron chi connectivity index (χ4n) is 6.65. The molecule has 1 aromatic rings. The molecule has 4 nitrogen and oxygen atoms in total. The third kappa shape index (κ3) is 4.31. The third-order valence-corrected chi connectivity index (χ3v) is 10.6. The van der Waals surface area contributed by atoms with Gasteiger partial charge >= 0.3 is 0 Å². The van der Waals surface area contributed by atoms with Gasteiger partial charge in [-0.15, -0.1) is 0 Å². The van der Waals surface area contributed by atoms with E-state index in [0.717, 1.165) is 51.7 Å². The van der Waals surface area contributed by atoms with Gasteiger partial charge in [0.15, 0.2) is 0 Å². The van der Waals surface area contributed by atoms with Crippen molar-refractivity contribution in [3.63, 3.8) is 0 Å². The maximum absolute atomic E-state index is 13.3. The molecular formula is C25H36F2N2O2S. The number of likely N-dealkylation sites (tertiary alicyclic amines) is 1. The lowest BCUT2D eigenvalue weighted by atomic mass is 9.84. The van der Waals surface area contributed by atoms with E-state index in [2.05, 4.69) is 28.7 Å². The predicted molar refractivity (Wildman–Crippen MR) is 124 cm³/mol. The molecule has 5 rings (SSSR count). The summed E-state index contributed by atoms with van der Waals surface area (Å²) in [5, 5.41) is -0.217. The summed E-state index contributed by atoms with van der Waals surface area (Å²) < 4.78 is 54.2. The van der Waals surface area contributed by atoms with Crippen LogP contribution in [0.1, 0.15) is 70.3 Å². The van der Waals surface area contributed by atoms with Crippen molar-refractivity contribution in [1.29, 1.82) is 0 Å². The first kappa shape index (κ1) is 22.6. The first-order chi connectivity index (χ1) is 15.2. The molecule has 4 fully saturated rings. The van der Waals surface area contributed by atoms with Crippen LogP contribution in [0.15, 0.2) is 24.3 Å². The summed E-state index contributed by atoms with van der Waals surface area (Å²) in [6.45, 7) is 5.52. The monoisotopic (exact) mass is 466 g/mol. The summed E-state index contributed by atoms with van der Waals surface area (Å²) in [6, 6.07) is 8.07. The maximum atomic E-state index is 13.3. The van der Waals surface area contributed by atoms with Crippen molar-refractivity contribution < 1.29 is 17.2 Å². The number of sulfonamides is 1. The molecule has 3 atom stereocenters. The smallest absolute Gasteiger partial charge is 0.248 e. The number of halogens is 2. The zero-order chi connectivity index (χ0) is 22.6. The van der Waals surface area contributed by atoms with Crippen molar-refractivity contribution in [3.05, 3.63) is 29.8 Å². The minimum atomic E-state index is -3.24. The molecule has 3 aliphatic carbocycles. The number of hydrogen-bond acceptors (Lipinski definition) is 3. The van der Waals surface area contributed by atoms with Gasteiger partial charge in [-0.1, -0.05) is 19.1 Å². The van der Waals surface area contributed by atoms with E-state index in [0.29, 0.717) is 36.3 Å². The Morgan fingerprint density at radius 2 is 1.78 bits per heavy atom. The van der Waals surface area contributed by atoms with Crippen molar-refractivity contribution in [1.82, 2.24) is 4.90 Å². The van der Waals surface area contributed by atoms with Crippen LogP contribution >= 0.6 is 0 Å². The Labute approximate surface area is 191 Å². The quantitative estimate of drug-likeness (QED) is 0.530. The van der Waals surface area contributed by atoms with Gasteiger partial charge in [0.25, 0.3) is 0 Å². The highest BCUT2D eigenvalue weighted by Gasteiger charge is 2.67. The van der Waals surface area contributed by atoms with Gasteiger partial charge in [-0.2, -0.15) is 0 Å². The highest BCUT2D eigenvalue weighted by molar-refractivity contribution is 7.93. The molecular weight excluding hydrogens is 430 g/mol. The molecule has 1 aliphatic heterocycles. The molecule has 0 amide bonds. The second-order valence-electron chi connectivity index (χ2n) is 10.7. The minimum Gasteiger partial charge on any atom is -0.303 e. The highest BCUT2D eigenvalue weighted by Crippen LogP contribution is 2.65. The van der Waals surface area contributed by atoms with Crippen LogP contribution in [0.5, 0.6) is 0 Å². The molecule has 1 heterocycles. The van der Waals surface area contributed by atoms with Gasteiger partial charge in [0, 0.05) is 37.0 Å². The van der Waals surface area contributed by atoms with Gasteiger partial charge < -0.3 is 4.90 Å². The summed E-state index contributed by atoms with van der Waals surface area (Å²) in [4.78, 5) is 2.56. The van der Waals surface area contributed by atoms with E-state index >= 15 is 0 Å². The van der Waals surface area contributed by atoms with Gasteiger partial charge in [0.05, 0.1) is 5.25 Å². The number of benzene rings is 1. The molecule has 3 saturated carbocycles. The van der Waals surface area contributed by atoms with E-state index in [1.54, 1.807) is 0 Å². The normalized spacial score (nSPS) is 32.6. The number of piperidine rings is 1. The molecule has 7 heteroatoms. The number of fused-ring (bicyclic) bond motifs is 1. The first-order valence-corrected chi connectivity index (χ1v) is 14.0. The molecule has 0 bridgehead atoms. The molecule has 1 aromatic carbocycles. The Hall–Kier alpha value is -1.21. The van der Waals surface area contributed by atoms with Crippen LogP contribution in [0.3, 0.4) is 0 Å². The van der Waals surface area contributed by atoms with Crippen molar-refractivity contribution >= 4 is 15.7 Å². The van der Waals surface area contributed by atoms with E-state index < -0.39 is 15.9 Å². The fourth-order valence-corrected chi connectivity index (χ4v) is 8.02. The molecule has 178 valence electrons. The average Bonchev–Trinajstić information content (AvgIpc) is 3.66. The molecule has 0 spiro atoms. The van der Waals surface area contributed by atoms with Crippen LogP contribution in [0.4, 0.5) is 14.5 Å². The van der Waals surface area contributed by atoms with E-state index in [9.17, 15) is 17.2 Å². The number of hydrogen-bond donors (Lipinski definition) is 1. The Balaban J connectivity index is 1.14. The van der Waals surface area contributed by atoms with E-state index in [-0.39, 0.29) is 23.5 Å². The maximum Gasteiger partial charge on any atom is 0.248 e. The van der Waals surface area contributed by atoms with E-state index in [1.165, 1.54) is 5.56 Å². The predicted octanol–water partition coefficient (Wildman–Crippen LogP) is 5.41. The van der Waals surface area contributed by atoms with Gasteiger partial charge in [-0.3, -0.25) is 4.72 Å². The lowest BCUT2D eigenvalue weighted by molar-refractivity contribution is -0.0468. The summed E-state index contributed by atoms with van der Waals surface area (Å²) in [6.07, 6.45) is 6.28. The standard InChI is InChI=1S/C25H36F2N2O2S/c1-2-25(19-6-3-7-20(15-19)28-32(30,31)21-8-9-21)22-16-29(17-23(22)25)14-4-5-18-10-12-24(26,27)13-11-18/h3,6-7,15,18,21-23,28H,2,4-5,8-14,16-17H2,1H3/t22-,23+,25+. The first-order valence-electron chi connectivity index (χ1n) is 12.5. The summed E-state index contributed by atoms with van der Waals surface area (Å²) in [5.74, 6) is -0.679. The van der Waals surface area contributed by atoms with Crippen molar-refractivity contribution in [2.75, 3.05) is 24.4 Å². The topological polar surface area (TPSA) is 49.4 Å². The highest BCUT2D eigenvalue weighted by atomic mass is 32.2. The third-order valence-electron chi connectivity index (χ3n) is 8.74. The largest absolute Gasteiger partial charge is 0.303 e. The second-order valence-corrected chi connectivity index (χ2v) is 12.7. The van der Waals surface area contributed by atoms with E-state index in [1.807, 2.05) is 12.1 Å². The number of rotatable bonds is 9. The summed E-state index contributed by atoms with van der Waals surface area (Å²) in [5.41, 5.74) is 2.14. The fraction of sp³-hybridized carbons (Fsp3) is 0.760. The van der Waals surface area contributed by atoms with Crippen molar-refractivity contribution in [2.24, 2.45) is 17.8 Å². The molecule has 1 N–H and O–H groups in total. The molecule has 0 aromatic heterocycles. The van der Waals surface area contributed by atoms with Gasteiger partial charge in [-0.25, -0.2) is 17.2 Å². The number of anilines is 1. The number of nitrogens with one attached hydrogen (secondary N) is 1. The minimum absolute atomic E-state index is 0.0699. The average molecular weight is 467 g/mol. The summed E-state index contributed by atoms with van der Waals surface area (Å²) in [7, 11) is -3.24. The Bertz CT molecular complexity index is 925. The molecule has 4 aliphatic rings. The lowest BCUT2D eigenvalue weighted by Crippen LogP contribution is -2.31. The van der Waals surface area contributed by atoms with Crippen molar-refractivity contribution in [3.8, 4) is 0 Å². The molecule has 32 heavy (non-hydrogen) atoms. The van der Waals surface area contributed by atoms with Crippen LogP contribution < -0.4 is 4.72 Å². The number of nitrogens with zero attached hydrogens (tertiary/aromatic N) is 1. The Morgan fingerprint density at radius 3 is 2.41 bits per heavy atom.